The number of hydrogen-bond acceptors (Lipinski definition) is 2. The van der Waals surface area contributed by atoms with E-state index in [1.165, 1.54) is 0 Å². The van der Waals surface area contributed by atoms with Crippen molar-refractivity contribution < 1.29 is 9.84 Å². The number of phenols is 1. The van der Waals surface area contributed by atoms with Gasteiger partial charge in [-0.05, 0) is 25.0 Å². The molecule has 0 saturated carbocycles. The van der Waals surface area contributed by atoms with Crippen molar-refractivity contribution in [2.45, 2.75) is 19.4 Å². The quantitative estimate of drug-likeness (QED) is 0.635. The Labute approximate surface area is 71.8 Å². The van der Waals surface area contributed by atoms with Gasteiger partial charge in [-0.3, -0.25) is 0 Å². The number of fused-ring (bicyclic) bond motifs is 1. The van der Waals surface area contributed by atoms with Crippen LogP contribution in [0, 0.1) is 0 Å². The molecule has 1 aromatic rings. The van der Waals surface area contributed by atoms with Gasteiger partial charge >= 0.3 is 0 Å². The van der Waals surface area contributed by atoms with Crippen LogP contribution >= 0.6 is 0 Å². The predicted molar refractivity (Wildman–Crippen MR) is 46.2 cm³/mol. The number of aromatic hydroxyl groups is 1. The smallest absolute Gasteiger partial charge is 0.119 e. The third-order valence-corrected chi connectivity index (χ3v) is 2.35. The van der Waals surface area contributed by atoms with Gasteiger partial charge in [-0.25, -0.2) is 0 Å². The minimum absolute atomic E-state index is 0.126. The van der Waals surface area contributed by atoms with Crippen LogP contribution in [0.1, 0.15) is 24.2 Å². The van der Waals surface area contributed by atoms with Crippen LogP contribution in [-0.2, 0) is 11.2 Å². The first-order valence-electron chi connectivity index (χ1n) is 4.21. The molecule has 64 valence electrons. The Morgan fingerprint density at radius 1 is 1.50 bits per heavy atom. The van der Waals surface area contributed by atoms with Crippen molar-refractivity contribution in [1.82, 2.24) is 0 Å². The first-order chi connectivity index (χ1) is 5.79. The minimum atomic E-state index is 0.126. The van der Waals surface area contributed by atoms with Crippen LogP contribution in [0.3, 0.4) is 0 Å². The van der Waals surface area contributed by atoms with Crippen molar-refractivity contribution in [1.29, 1.82) is 0 Å². The zero-order valence-corrected chi connectivity index (χ0v) is 7.08. The normalized spacial score (nSPS) is 21.9. The van der Waals surface area contributed by atoms with E-state index < -0.39 is 0 Å². The molecular formula is C10H12O2. The summed E-state index contributed by atoms with van der Waals surface area (Å²) in [7, 11) is 0. The van der Waals surface area contributed by atoms with Crippen molar-refractivity contribution in [3.63, 3.8) is 0 Å². The third kappa shape index (κ3) is 1.08. The van der Waals surface area contributed by atoms with E-state index in [1.807, 2.05) is 19.1 Å². The lowest BCUT2D eigenvalue weighted by Gasteiger charge is -2.23. The van der Waals surface area contributed by atoms with Crippen LogP contribution < -0.4 is 0 Å². The van der Waals surface area contributed by atoms with Gasteiger partial charge in [0.15, 0.2) is 0 Å². The largest absolute Gasteiger partial charge is 0.508 e. The van der Waals surface area contributed by atoms with Gasteiger partial charge in [0, 0.05) is 5.56 Å². The number of phenolic OH excluding ortho intramolecular Hbond substituents is 1. The van der Waals surface area contributed by atoms with Gasteiger partial charge in [0.05, 0.1) is 12.7 Å². The predicted octanol–water partition coefficient (Wildman–Crippen LogP) is 2.03. The lowest BCUT2D eigenvalue weighted by Crippen LogP contribution is -2.13. The van der Waals surface area contributed by atoms with Gasteiger partial charge in [0.2, 0.25) is 0 Å². The fraction of sp³-hybridized carbons (Fsp3) is 0.400. The molecule has 0 bridgehead atoms. The molecule has 0 spiro atoms. The Balaban J connectivity index is 2.52. The Morgan fingerprint density at radius 3 is 3.08 bits per heavy atom. The number of benzene rings is 1. The van der Waals surface area contributed by atoms with E-state index >= 15 is 0 Å². The molecule has 12 heavy (non-hydrogen) atoms. The van der Waals surface area contributed by atoms with Gasteiger partial charge in [-0.15, -0.1) is 0 Å². The molecule has 1 heterocycles. The first-order valence-corrected chi connectivity index (χ1v) is 4.21. The van der Waals surface area contributed by atoms with E-state index in [9.17, 15) is 5.11 Å². The van der Waals surface area contributed by atoms with Crippen molar-refractivity contribution in [3.05, 3.63) is 29.3 Å². The lowest BCUT2D eigenvalue weighted by atomic mass is 9.98. The fourth-order valence-electron chi connectivity index (χ4n) is 1.67. The Kier molecular flexibility index (Phi) is 1.77. The lowest BCUT2D eigenvalue weighted by molar-refractivity contribution is 0.0547. The molecule has 0 amide bonds. The van der Waals surface area contributed by atoms with E-state index in [1.54, 1.807) is 6.07 Å². The van der Waals surface area contributed by atoms with Crippen molar-refractivity contribution >= 4 is 0 Å². The highest BCUT2D eigenvalue weighted by molar-refractivity contribution is 5.41. The summed E-state index contributed by atoms with van der Waals surface area (Å²) in [6.07, 6.45) is 0.952. The maximum atomic E-state index is 9.52. The third-order valence-electron chi connectivity index (χ3n) is 2.35. The zero-order valence-electron chi connectivity index (χ0n) is 7.08. The molecule has 0 aliphatic carbocycles. The second-order valence-corrected chi connectivity index (χ2v) is 3.11. The van der Waals surface area contributed by atoms with E-state index in [2.05, 4.69) is 0 Å². The van der Waals surface area contributed by atoms with Gasteiger partial charge in [-0.2, -0.15) is 0 Å². The monoisotopic (exact) mass is 164 g/mol. The summed E-state index contributed by atoms with van der Waals surface area (Å²) in [5.74, 6) is 0.405. The summed E-state index contributed by atoms with van der Waals surface area (Å²) in [6.45, 7) is 2.73. The van der Waals surface area contributed by atoms with Crippen molar-refractivity contribution in [2.24, 2.45) is 0 Å². The van der Waals surface area contributed by atoms with Gasteiger partial charge < -0.3 is 9.84 Å². The molecule has 0 fully saturated rings. The molecule has 1 aliphatic heterocycles. The standard InChI is InChI=1S/C10H12O2/c1-7-8-3-2-4-10(11)9(8)5-6-12-7/h2-4,7,11H,5-6H2,1H3. The molecule has 1 unspecified atom stereocenters. The Bertz CT molecular complexity index is 294. The summed E-state index contributed by atoms with van der Waals surface area (Å²) in [5, 5.41) is 9.52. The van der Waals surface area contributed by atoms with E-state index in [-0.39, 0.29) is 6.10 Å². The van der Waals surface area contributed by atoms with Crippen LogP contribution in [-0.4, -0.2) is 11.7 Å². The fourth-order valence-corrected chi connectivity index (χ4v) is 1.67. The molecule has 1 atom stereocenters. The van der Waals surface area contributed by atoms with E-state index in [0.717, 1.165) is 17.5 Å². The van der Waals surface area contributed by atoms with E-state index in [4.69, 9.17) is 4.74 Å². The Hall–Kier alpha value is -1.02. The number of ether oxygens (including phenoxy) is 1. The summed E-state index contributed by atoms with van der Waals surface area (Å²) >= 11 is 0. The maximum Gasteiger partial charge on any atom is 0.119 e. The van der Waals surface area contributed by atoms with E-state index in [0.29, 0.717) is 12.4 Å². The van der Waals surface area contributed by atoms with Crippen LogP contribution in [0.15, 0.2) is 18.2 Å². The first kappa shape index (κ1) is 7.62. The number of hydrogen-bond donors (Lipinski definition) is 1. The van der Waals surface area contributed by atoms with Crippen molar-refractivity contribution in [3.8, 4) is 5.75 Å². The summed E-state index contributed by atoms with van der Waals surface area (Å²) in [6, 6.07) is 5.61. The second kappa shape index (κ2) is 2.79. The zero-order chi connectivity index (χ0) is 8.55. The summed E-state index contributed by atoms with van der Waals surface area (Å²) < 4.78 is 5.45. The molecule has 2 heteroatoms. The SMILES string of the molecule is CC1OCCc2c(O)cccc21. The molecule has 1 N–H and O–H groups in total. The molecule has 2 rings (SSSR count). The van der Waals surface area contributed by atoms with Gasteiger partial charge in [-0.1, -0.05) is 12.1 Å². The summed E-state index contributed by atoms with van der Waals surface area (Å²) in [4.78, 5) is 0. The molecular weight excluding hydrogens is 152 g/mol. The average molecular weight is 164 g/mol. The Morgan fingerprint density at radius 2 is 2.33 bits per heavy atom. The number of rotatable bonds is 0. The highest BCUT2D eigenvalue weighted by Crippen LogP contribution is 2.31. The van der Waals surface area contributed by atoms with Crippen LogP contribution in [0.2, 0.25) is 0 Å². The molecule has 0 saturated heterocycles. The molecule has 1 aliphatic rings. The highest BCUT2D eigenvalue weighted by atomic mass is 16.5. The van der Waals surface area contributed by atoms with Crippen molar-refractivity contribution in [2.75, 3.05) is 6.61 Å². The maximum absolute atomic E-state index is 9.52. The topological polar surface area (TPSA) is 29.5 Å². The van der Waals surface area contributed by atoms with Crippen LogP contribution in [0.5, 0.6) is 5.75 Å². The van der Waals surface area contributed by atoms with Gasteiger partial charge in [0.1, 0.15) is 5.75 Å². The van der Waals surface area contributed by atoms with Crippen LogP contribution in [0.25, 0.3) is 0 Å². The highest BCUT2D eigenvalue weighted by Gasteiger charge is 2.18. The van der Waals surface area contributed by atoms with Gasteiger partial charge in [0.25, 0.3) is 0 Å². The minimum Gasteiger partial charge on any atom is -0.508 e. The average Bonchev–Trinajstić information content (AvgIpc) is 2.07. The molecule has 0 radical (unpaired) electrons. The molecule has 0 aromatic heterocycles. The second-order valence-electron chi connectivity index (χ2n) is 3.11. The van der Waals surface area contributed by atoms with Crippen LogP contribution in [0.4, 0.5) is 0 Å². The molecule has 2 nitrogen and oxygen atoms in total. The molecule has 1 aromatic carbocycles. The summed E-state index contributed by atoms with van der Waals surface area (Å²) in [5.41, 5.74) is 2.18.